The highest BCUT2D eigenvalue weighted by molar-refractivity contribution is 5.60. The summed E-state index contributed by atoms with van der Waals surface area (Å²) in [5.41, 5.74) is 0.225. The van der Waals surface area contributed by atoms with Gasteiger partial charge in [-0.2, -0.15) is 10.5 Å². The van der Waals surface area contributed by atoms with Gasteiger partial charge in [0.15, 0.2) is 12.6 Å². The fourth-order valence-electron chi connectivity index (χ4n) is 2.35. The van der Waals surface area contributed by atoms with Gasteiger partial charge < -0.3 is 28.4 Å². The highest BCUT2D eigenvalue weighted by Gasteiger charge is 2.21. The van der Waals surface area contributed by atoms with Crippen LogP contribution >= 0.6 is 0 Å². The zero-order valence-corrected chi connectivity index (χ0v) is 12.9. The normalized spacial score (nSPS) is 18.2. The first-order valence-corrected chi connectivity index (χ1v) is 7.51. The molecule has 126 valence electrons. The van der Waals surface area contributed by atoms with E-state index in [-0.39, 0.29) is 35.8 Å². The van der Waals surface area contributed by atoms with Crippen LogP contribution in [-0.4, -0.2) is 52.2 Å². The Kier molecular flexibility index (Phi) is 5.47. The number of hydrogen-bond acceptors (Lipinski definition) is 8. The number of ether oxygens (including phenoxy) is 6. The summed E-state index contributed by atoms with van der Waals surface area (Å²) in [6, 6.07) is 7.14. The monoisotopic (exact) mass is 332 g/mol. The van der Waals surface area contributed by atoms with Crippen molar-refractivity contribution in [2.24, 2.45) is 0 Å². The van der Waals surface area contributed by atoms with Gasteiger partial charge >= 0.3 is 0 Å². The molecule has 0 N–H and O–H groups in total. The Balaban J connectivity index is 1.71. The Morgan fingerprint density at radius 1 is 0.792 bits per heavy atom. The van der Waals surface area contributed by atoms with Crippen LogP contribution in [0.4, 0.5) is 0 Å². The van der Waals surface area contributed by atoms with Crippen LogP contribution in [0.25, 0.3) is 0 Å². The second-order valence-corrected chi connectivity index (χ2v) is 5.00. The summed E-state index contributed by atoms with van der Waals surface area (Å²) in [7, 11) is 0. The van der Waals surface area contributed by atoms with Crippen molar-refractivity contribution in [1.82, 2.24) is 0 Å². The maximum Gasteiger partial charge on any atom is 0.191 e. The van der Waals surface area contributed by atoms with Crippen LogP contribution in [-0.2, 0) is 18.9 Å². The number of nitriles is 2. The third kappa shape index (κ3) is 3.75. The largest absolute Gasteiger partial charge is 0.487 e. The molecule has 0 amide bonds. The highest BCUT2D eigenvalue weighted by Crippen LogP contribution is 2.30. The number of nitrogens with zero attached hydrogens (tertiary/aromatic N) is 2. The molecular formula is C16H16N2O6. The van der Waals surface area contributed by atoms with E-state index < -0.39 is 12.6 Å². The maximum atomic E-state index is 9.38. The molecule has 0 aliphatic carbocycles. The molecule has 0 bridgehead atoms. The van der Waals surface area contributed by atoms with Crippen LogP contribution in [0.15, 0.2) is 12.1 Å². The molecule has 0 radical (unpaired) electrons. The summed E-state index contributed by atoms with van der Waals surface area (Å²) in [6.45, 7) is 2.34. The fourth-order valence-corrected chi connectivity index (χ4v) is 2.35. The van der Waals surface area contributed by atoms with Gasteiger partial charge in [-0.1, -0.05) is 0 Å². The minimum absolute atomic E-state index is 0.112. The fraction of sp³-hybridized carbons (Fsp3) is 0.500. The van der Waals surface area contributed by atoms with Crippen molar-refractivity contribution in [2.75, 3.05) is 39.6 Å². The van der Waals surface area contributed by atoms with E-state index in [0.717, 1.165) is 0 Å². The van der Waals surface area contributed by atoms with Crippen molar-refractivity contribution in [2.45, 2.75) is 12.6 Å². The summed E-state index contributed by atoms with van der Waals surface area (Å²) in [5, 5.41) is 18.8. The molecule has 0 saturated carbocycles. The van der Waals surface area contributed by atoms with Crippen LogP contribution in [0.2, 0.25) is 0 Å². The molecule has 2 saturated heterocycles. The van der Waals surface area contributed by atoms with E-state index in [1.165, 1.54) is 0 Å². The van der Waals surface area contributed by atoms with Gasteiger partial charge in [0.2, 0.25) is 0 Å². The van der Waals surface area contributed by atoms with Crippen LogP contribution in [0.3, 0.4) is 0 Å². The van der Waals surface area contributed by atoms with Crippen LogP contribution in [0.1, 0.15) is 11.1 Å². The average molecular weight is 332 g/mol. The number of hydrogen-bond donors (Lipinski definition) is 0. The predicted molar refractivity (Wildman–Crippen MR) is 78.2 cm³/mol. The molecule has 0 aromatic heterocycles. The second-order valence-electron chi connectivity index (χ2n) is 5.00. The van der Waals surface area contributed by atoms with E-state index in [4.69, 9.17) is 28.4 Å². The molecule has 0 atom stereocenters. The Bertz CT molecular complexity index is 597. The van der Waals surface area contributed by atoms with E-state index in [9.17, 15) is 10.5 Å². The summed E-state index contributed by atoms with van der Waals surface area (Å²) in [5.74, 6) is 0.572. The Morgan fingerprint density at radius 2 is 1.17 bits per heavy atom. The first-order chi connectivity index (χ1) is 11.8. The zero-order valence-electron chi connectivity index (χ0n) is 12.9. The molecule has 3 rings (SSSR count). The summed E-state index contributed by atoms with van der Waals surface area (Å²) in [6.07, 6.45) is -0.927. The van der Waals surface area contributed by atoms with E-state index >= 15 is 0 Å². The second kappa shape index (κ2) is 7.95. The van der Waals surface area contributed by atoms with Crippen LogP contribution < -0.4 is 9.47 Å². The van der Waals surface area contributed by atoms with Crippen molar-refractivity contribution in [3.05, 3.63) is 23.3 Å². The average Bonchev–Trinajstić information content (AvgIpc) is 3.31. The Labute approximate surface area is 139 Å². The maximum absolute atomic E-state index is 9.38. The topological polar surface area (TPSA) is 103 Å². The molecule has 0 unspecified atom stereocenters. The van der Waals surface area contributed by atoms with Gasteiger partial charge in [0.05, 0.1) is 26.4 Å². The molecule has 8 nitrogen and oxygen atoms in total. The van der Waals surface area contributed by atoms with Gasteiger partial charge in [-0.15, -0.1) is 0 Å². The van der Waals surface area contributed by atoms with Crippen molar-refractivity contribution < 1.29 is 28.4 Å². The molecule has 0 spiro atoms. The molecule has 8 heteroatoms. The van der Waals surface area contributed by atoms with Gasteiger partial charge in [0.25, 0.3) is 0 Å². The van der Waals surface area contributed by atoms with Gasteiger partial charge in [-0.25, -0.2) is 0 Å². The van der Waals surface area contributed by atoms with Gasteiger partial charge in [0, 0.05) is 0 Å². The van der Waals surface area contributed by atoms with Crippen LogP contribution in [0.5, 0.6) is 11.5 Å². The third-order valence-corrected chi connectivity index (χ3v) is 3.48. The Hall–Kier alpha value is -2.36. The third-order valence-electron chi connectivity index (χ3n) is 3.48. The minimum Gasteiger partial charge on any atom is -0.487 e. The predicted octanol–water partition coefficient (Wildman–Crippen LogP) is 0.933. The standard InChI is InChI=1S/C16H16N2O6/c17-7-11-12(8-18)14(24-10-16-21-5-6-22-16)2-1-13(11)23-9-15-19-3-4-20-15/h1-2,15-16H,3-6,9-10H2. The first kappa shape index (κ1) is 16.5. The van der Waals surface area contributed by atoms with Crippen molar-refractivity contribution in [3.8, 4) is 23.6 Å². The van der Waals surface area contributed by atoms with Gasteiger partial charge in [-0.3, -0.25) is 0 Å². The minimum atomic E-state index is -0.463. The van der Waals surface area contributed by atoms with E-state index in [0.29, 0.717) is 26.4 Å². The molecule has 2 aliphatic heterocycles. The highest BCUT2D eigenvalue weighted by atomic mass is 16.7. The van der Waals surface area contributed by atoms with E-state index in [1.54, 1.807) is 12.1 Å². The Morgan fingerprint density at radius 3 is 1.50 bits per heavy atom. The summed E-state index contributed by atoms with van der Waals surface area (Å²) < 4.78 is 32.2. The first-order valence-electron chi connectivity index (χ1n) is 7.51. The molecule has 2 fully saturated rings. The van der Waals surface area contributed by atoms with Crippen molar-refractivity contribution >= 4 is 0 Å². The molecule has 2 heterocycles. The smallest absolute Gasteiger partial charge is 0.191 e. The van der Waals surface area contributed by atoms with Crippen molar-refractivity contribution in [1.29, 1.82) is 10.5 Å². The van der Waals surface area contributed by atoms with Crippen LogP contribution in [0, 0.1) is 22.7 Å². The summed E-state index contributed by atoms with van der Waals surface area (Å²) >= 11 is 0. The molecule has 1 aromatic rings. The van der Waals surface area contributed by atoms with Crippen molar-refractivity contribution in [3.63, 3.8) is 0 Å². The molecule has 1 aromatic carbocycles. The summed E-state index contributed by atoms with van der Waals surface area (Å²) in [4.78, 5) is 0. The molecular weight excluding hydrogens is 316 g/mol. The quantitative estimate of drug-likeness (QED) is 0.758. The van der Waals surface area contributed by atoms with E-state index in [2.05, 4.69) is 0 Å². The van der Waals surface area contributed by atoms with Gasteiger partial charge in [-0.05, 0) is 12.1 Å². The lowest BCUT2D eigenvalue weighted by atomic mass is 10.1. The lowest BCUT2D eigenvalue weighted by molar-refractivity contribution is -0.0692. The molecule has 24 heavy (non-hydrogen) atoms. The molecule has 2 aliphatic rings. The number of benzene rings is 1. The number of rotatable bonds is 6. The van der Waals surface area contributed by atoms with E-state index in [1.807, 2.05) is 12.1 Å². The van der Waals surface area contributed by atoms with Gasteiger partial charge in [0.1, 0.15) is 48.0 Å². The zero-order chi connectivity index (χ0) is 16.8. The lowest BCUT2D eigenvalue weighted by Gasteiger charge is -2.15. The SMILES string of the molecule is N#Cc1c(OCC2OCCO2)ccc(OCC2OCCO2)c1C#N. The lowest BCUT2D eigenvalue weighted by Crippen LogP contribution is -2.20.